The highest BCUT2D eigenvalue weighted by molar-refractivity contribution is 5.95. The fourth-order valence-electron chi connectivity index (χ4n) is 3.06. The summed E-state index contributed by atoms with van der Waals surface area (Å²) in [6.07, 6.45) is 6.39. The Balaban J connectivity index is 1.57. The predicted octanol–water partition coefficient (Wildman–Crippen LogP) is 3.81. The molecule has 1 aliphatic rings. The van der Waals surface area contributed by atoms with Crippen molar-refractivity contribution in [3.8, 4) is 0 Å². The molecule has 1 saturated carbocycles. The molecule has 2 aromatic heterocycles. The van der Waals surface area contributed by atoms with E-state index in [0.29, 0.717) is 24.1 Å². The second-order valence-corrected chi connectivity index (χ2v) is 6.87. The van der Waals surface area contributed by atoms with Gasteiger partial charge in [-0.15, -0.1) is 0 Å². The summed E-state index contributed by atoms with van der Waals surface area (Å²) in [6, 6.07) is 9.83. The predicted molar refractivity (Wildman–Crippen MR) is 107 cm³/mol. The van der Waals surface area contributed by atoms with E-state index in [1.165, 1.54) is 19.3 Å². The van der Waals surface area contributed by atoms with E-state index in [-0.39, 0.29) is 5.91 Å². The summed E-state index contributed by atoms with van der Waals surface area (Å²) < 4.78 is 0. The van der Waals surface area contributed by atoms with E-state index in [4.69, 9.17) is 0 Å². The molecule has 7 nitrogen and oxygen atoms in total. The molecule has 27 heavy (non-hydrogen) atoms. The third kappa shape index (κ3) is 3.86. The molecule has 1 amide bonds. The number of H-pyrrole nitrogens is 1. The van der Waals surface area contributed by atoms with E-state index in [1.54, 1.807) is 6.07 Å². The molecule has 140 valence electrons. The lowest BCUT2D eigenvalue weighted by atomic mass is 9.93. The average molecular weight is 364 g/mol. The summed E-state index contributed by atoms with van der Waals surface area (Å²) in [4.78, 5) is 24.5. The van der Waals surface area contributed by atoms with Crippen molar-refractivity contribution in [2.24, 2.45) is 0 Å². The van der Waals surface area contributed by atoms with Crippen molar-refractivity contribution in [3.63, 3.8) is 0 Å². The number of carbonyl (C=O) groups is 1. The lowest BCUT2D eigenvalue weighted by molar-refractivity contribution is 0.0953. The lowest BCUT2D eigenvalue weighted by Crippen LogP contribution is -2.27. The quantitative estimate of drug-likeness (QED) is 0.511. The third-order valence-corrected chi connectivity index (χ3v) is 4.78. The molecule has 0 radical (unpaired) electrons. The maximum absolute atomic E-state index is 12.2. The molecule has 1 fully saturated rings. The summed E-state index contributed by atoms with van der Waals surface area (Å²) in [5.74, 6) is 1.26. The van der Waals surface area contributed by atoms with Crippen LogP contribution >= 0.6 is 0 Å². The number of nitrogens with one attached hydrogen (secondary N) is 4. The van der Waals surface area contributed by atoms with E-state index >= 15 is 0 Å². The topological polar surface area (TPSA) is 94.7 Å². The van der Waals surface area contributed by atoms with Crippen molar-refractivity contribution in [2.45, 2.75) is 38.6 Å². The van der Waals surface area contributed by atoms with Crippen molar-refractivity contribution in [1.82, 2.24) is 20.3 Å². The minimum absolute atomic E-state index is 0.0754. The molecular weight excluding hydrogens is 340 g/mol. The van der Waals surface area contributed by atoms with E-state index in [1.807, 2.05) is 37.4 Å². The first-order valence-electron chi connectivity index (χ1n) is 9.50. The number of amides is 1. The molecule has 4 rings (SSSR count). The van der Waals surface area contributed by atoms with Crippen LogP contribution in [-0.2, 0) is 0 Å². The number of rotatable bonds is 7. The first-order valence-corrected chi connectivity index (χ1v) is 9.50. The van der Waals surface area contributed by atoms with Gasteiger partial charge in [-0.25, -0.2) is 0 Å². The molecular formula is C20H24N6O. The number of fused-ring (bicyclic) bond motifs is 1. The maximum atomic E-state index is 12.2. The standard InChI is InChI=1S/C20H24N6O/c1-2-10-22-19(27)13-5-3-8-15(12-13)24-20-25-17-16(9-11-21-17)18(26-20)23-14-6-4-7-14/h3,5,8-9,11-12,14H,2,4,6-7,10H2,1H3,(H,22,27)(H3,21,23,24,25,26). The van der Waals surface area contributed by atoms with Gasteiger partial charge in [0.1, 0.15) is 11.5 Å². The molecule has 0 bridgehead atoms. The van der Waals surface area contributed by atoms with Crippen LogP contribution in [0.5, 0.6) is 0 Å². The average Bonchev–Trinajstić information content (AvgIpc) is 3.11. The number of hydrogen-bond acceptors (Lipinski definition) is 5. The van der Waals surface area contributed by atoms with Crippen LogP contribution in [0, 0.1) is 0 Å². The number of nitrogens with zero attached hydrogens (tertiary/aromatic N) is 2. The van der Waals surface area contributed by atoms with Gasteiger partial charge in [0.2, 0.25) is 5.95 Å². The van der Waals surface area contributed by atoms with Crippen LogP contribution in [0.2, 0.25) is 0 Å². The Hall–Kier alpha value is -3.09. The highest BCUT2D eigenvalue weighted by atomic mass is 16.1. The summed E-state index contributed by atoms with van der Waals surface area (Å²) in [5, 5.41) is 10.6. The van der Waals surface area contributed by atoms with E-state index < -0.39 is 0 Å². The zero-order valence-corrected chi connectivity index (χ0v) is 15.4. The number of hydrogen-bond donors (Lipinski definition) is 4. The molecule has 7 heteroatoms. The summed E-state index contributed by atoms with van der Waals surface area (Å²) in [5.41, 5.74) is 2.17. The largest absolute Gasteiger partial charge is 0.367 e. The van der Waals surface area contributed by atoms with Crippen molar-refractivity contribution in [2.75, 3.05) is 17.2 Å². The van der Waals surface area contributed by atoms with Gasteiger partial charge in [0.05, 0.1) is 5.39 Å². The number of aromatic amines is 1. The minimum atomic E-state index is -0.0754. The maximum Gasteiger partial charge on any atom is 0.251 e. The van der Waals surface area contributed by atoms with Crippen LogP contribution in [0.15, 0.2) is 36.5 Å². The molecule has 0 aliphatic heterocycles. The van der Waals surface area contributed by atoms with Gasteiger partial charge in [0.15, 0.2) is 0 Å². The normalized spacial score (nSPS) is 14.0. The summed E-state index contributed by atoms with van der Waals surface area (Å²) in [7, 11) is 0. The molecule has 0 atom stereocenters. The lowest BCUT2D eigenvalue weighted by Gasteiger charge is -2.27. The molecule has 4 N–H and O–H groups in total. The molecule has 3 aromatic rings. The van der Waals surface area contributed by atoms with Gasteiger partial charge in [-0.05, 0) is 49.9 Å². The minimum Gasteiger partial charge on any atom is -0.367 e. The first kappa shape index (κ1) is 17.3. The fraction of sp³-hybridized carbons (Fsp3) is 0.350. The van der Waals surface area contributed by atoms with E-state index in [2.05, 4.69) is 30.9 Å². The van der Waals surface area contributed by atoms with Crippen LogP contribution in [0.1, 0.15) is 43.0 Å². The smallest absolute Gasteiger partial charge is 0.251 e. The first-order chi connectivity index (χ1) is 13.2. The Morgan fingerprint density at radius 1 is 1.26 bits per heavy atom. The molecule has 1 aliphatic carbocycles. The number of benzene rings is 1. The SMILES string of the molecule is CCCNC(=O)c1cccc(Nc2nc(NC3CCC3)c3cc[nH]c3n2)c1. The third-order valence-electron chi connectivity index (χ3n) is 4.78. The fourth-order valence-corrected chi connectivity index (χ4v) is 3.06. The van der Waals surface area contributed by atoms with Crippen molar-refractivity contribution in [1.29, 1.82) is 0 Å². The van der Waals surface area contributed by atoms with Crippen LogP contribution in [0.4, 0.5) is 17.5 Å². The summed E-state index contributed by atoms with van der Waals surface area (Å²) >= 11 is 0. The highest BCUT2D eigenvalue weighted by Crippen LogP contribution is 2.28. The van der Waals surface area contributed by atoms with Gasteiger partial charge in [0.25, 0.3) is 5.91 Å². The number of carbonyl (C=O) groups excluding carboxylic acids is 1. The highest BCUT2D eigenvalue weighted by Gasteiger charge is 2.19. The molecule has 0 unspecified atom stereocenters. The van der Waals surface area contributed by atoms with Gasteiger partial charge in [-0.2, -0.15) is 9.97 Å². The Morgan fingerprint density at radius 2 is 2.15 bits per heavy atom. The van der Waals surface area contributed by atoms with Crippen molar-refractivity contribution in [3.05, 3.63) is 42.1 Å². The molecule has 1 aromatic carbocycles. The van der Waals surface area contributed by atoms with Gasteiger partial charge >= 0.3 is 0 Å². The zero-order valence-electron chi connectivity index (χ0n) is 15.4. The Kier molecular flexibility index (Phi) is 4.91. The van der Waals surface area contributed by atoms with Crippen LogP contribution in [0.3, 0.4) is 0 Å². The second-order valence-electron chi connectivity index (χ2n) is 6.87. The van der Waals surface area contributed by atoms with E-state index in [0.717, 1.165) is 29.0 Å². The van der Waals surface area contributed by atoms with Gasteiger partial charge in [-0.1, -0.05) is 13.0 Å². The Morgan fingerprint density at radius 3 is 2.93 bits per heavy atom. The van der Waals surface area contributed by atoms with Crippen LogP contribution < -0.4 is 16.0 Å². The molecule has 0 spiro atoms. The monoisotopic (exact) mass is 364 g/mol. The zero-order chi connectivity index (χ0) is 18.6. The Labute approximate surface area is 158 Å². The molecule has 2 heterocycles. The van der Waals surface area contributed by atoms with Gasteiger partial charge in [-0.3, -0.25) is 4.79 Å². The molecule has 0 saturated heterocycles. The second kappa shape index (κ2) is 7.65. The van der Waals surface area contributed by atoms with Crippen molar-refractivity contribution >= 4 is 34.4 Å². The van der Waals surface area contributed by atoms with Crippen LogP contribution in [-0.4, -0.2) is 33.4 Å². The van der Waals surface area contributed by atoms with Gasteiger partial charge < -0.3 is 20.9 Å². The number of anilines is 3. The van der Waals surface area contributed by atoms with Gasteiger partial charge in [0, 0.05) is 30.0 Å². The van der Waals surface area contributed by atoms with Crippen molar-refractivity contribution < 1.29 is 4.79 Å². The summed E-state index contributed by atoms with van der Waals surface area (Å²) in [6.45, 7) is 2.70. The van der Waals surface area contributed by atoms with E-state index in [9.17, 15) is 4.79 Å². The number of aromatic nitrogens is 3. The van der Waals surface area contributed by atoms with Crippen LogP contribution in [0.25, 0.3) is 11.0 Å². The Bertz CT molecular complexity index is 947.